The molecular formula is C28H23FN4O3S2. The van der Waals surface area contributed by atoms with E-state index in [1.807, 2.05) is 49.4 Å². The lowest BCUT2D eigenvalue weighted by Gasteiger charge is -2.16. The zero-order valence-electron chi connectivity index (χ0n) is 20.6. The number of thiazole rings is 1. The summed E-state index contributed by atoms with van der Waals surface area (Å²) in [7, 11) is 1.63. The van der Waals surface area contributed by atoms with Gasteiger partial charge < -0.3 is 14.8 Å². The maximum atomic E-state index is 13.9. The average molecular weight is 547 g/mol. The van der Waals surface area contributed by atoms with Crippen molar-refractivity contribution in [3.05, 3.63) is 94.9 Å². The van der Waals surface area contributed by atoms with Gasteiger partial charge in [-0.25, -0.2) is 9.37 Å². The highest BCUT2D eigenvalue weighted by Crippen LogP contribution is 2.44. The van der Waals surface area contributed by atoms with Gasteiger partial charge in [0.15, 0.2) is 0 Å². The third-order valence-corrected chi connectivity index (χ3v) is 8.57. The number of ether oxygens (including phenoxy) is 2. The fourth-order valence-corrected chi connectivity index (χ4v) is 6.55. The number of hydrogen-bond acceptors (Lipinski definition) is 7. The Bertz CT molecular complexity index is 1650. The molecular weight excluding hydrogens is 523 g/mol. The number of carbonyl (C=O) groups is 1. The number of amides is 1. The summed E-state index contributed by atoms with van der Waals surface area (Å²) in [5.41, 5.74) is 4.11. The smallest absolute Gasteiger partial charge is 0.235 e. The fraction of sp³-hybridized carbons (Fsp3) is 0.179. The van der Waals surface area contributed by atoms with Gasteiger partial charge in [-0.15, -0.1) is 11.8 Å². The maximum Gasteiger partial charge on any atom is 0.235 e. The van der Waals surface area contributed by atoms with E-state index in [0.29, 0.717) is 28.0 Å². The van der Waals surface area contributed by atoms with E-state index in [-0.39, 0.29) is 23.6 Å². The van der Waals surface area contributed by atoms with Crippen LogP contribution >= 0.6 is 23.1 Å². The molecule has 1 N–H and O–H groups in total. The Morgan fingerprint density at radius 2 is 1.89 bits per heavy atom. The van der Waals surface area contributed by atoms with Gasteiger partial charge in [-0.1, -0.05) is 41.7 Å². The zero-order chi connectivity index (χ0) is 26.2. The molecule has 10 heteroatoms. The number of aryl methyl sites for hydroxylation is 1. The third-order valence-electron chi connectivity index (χ3n) is 6.31. The van der Waals surface area contributed by atoms with Crippen LogP contribution in [0.5, 0.6) is 11.5 Å². The van der Waals surface area contributed by atoms with Crippen molar-refractivity contribution in [2.45, 2.75) is 18.8 Å². The van der Waals surface area contributed by atoms with Gasteiger partial charge in [0.05, 0.1) is 34.0 Å². The van der Waals surface area contributed by atoms with E-state index >= 15 is 0 Å². The maximum absolute atomic E-state index is 13.9. The first kappa shape index (κ1) is 24.4. The standard InChI is InChI=1S/C28H23FN4O3S2/c1-16-25-26(17-7-9-19(10-8-17)36-14-18-5-3-4-6-21(18)29)37-15-24(34)31-27(25)33(32-16)28-30-22-12-11-20(35-2)13-23(22)38-28/h3-13,26H,14-15H2,1-2H3,(H,31,34)/t26-/m0/s1. The van der Waals surface area contributed by atoms with Gasteiger partial charge in [-0.2, -0.15) is 9.78 Å². The van der Waals surface area contributed by atoms with Gasteiger partial charge in [-0.3, -0.25) is 4.79 Å². The van der Waals surface area contributed by atoms with E-state index in [0.717, 1.165) is 32.8 Å². The number of hydrogen-bond donors (Lipinski definition) is 1. The molecule has 7 nitrogen and oxygen atoms in total. The van der Waals surface area contributed by atoms with Gasteiger partial charge in [-0.05, 0) is 48.9 Å². The molecule has 3 heterocycles. The van der Waals surface area contributed by atoms with Crippen LogP contribution < -0.4 is 14.8 Å². The van der Waals surface area contributed by atoms with Crippen LogP contribution in [0.15, 0.2) is 66.7 Å². The Morgan fingerprint density at radius 3 is 2.68 bits per heavy atom. The molecule has 1 atom stereocenters. The van der Waals surface area contributed by atoms with Crippen LogP contribution in [0.4, 0.5) is 10.2 Å². The number of rotatable bonds is 6. The Morgan fingerprint density at radius 1 is 1.11 bits per heavy atom. The highest BCUT2D eigenvalue weighted by atomic mass is 32.2. The monoisotopic (exact) mass is 546 g/mol. The summed E-state index contributed by atoms with van der Waals surface area (Å²) in [6, 6.07) is 20.0. The van der Waals surface area contributed by atoms with Crippen molar-refractivity contribution < 1.29 is 18.7 Å². The quantitative estimate of drug-likeness (QED) is 0.270. The van der Waals surface area contributed by atoms with Crippen LogP contribution in [0.1, 0.15) is 27.6 Å². The molecule has 1 amide bonds. The van der Waals surface area contributed by atoms with Crippen LogP contribution in [0.25, 0.3) is 15.3 Å². The minimum absolute atomic E-state index is 0.0903. The van der Waals surface area contributed by atoms with Gasteiger partial charge in [0.25, 0.3) is 0 Å². The van der Waals surface area contributed by atoms with Crippen LogP contribution in [0, 0.1) is 12.7 Å². The molecule has 0 fully saturated rings. The molecule has 5 aromatic rings. The summed E-state index contributed by atoms with van der Waals surface area (Å²) in [4.78, 5) is 17.5. The molecule has 3 aromatic carbocycles. The first-order valence-electron chi connectivity index (χ1n) is 11.9. The minimum atomic E-state index is -0.288. The second-order valence-corrected chi connectivity index (χ2v) is 10.9. The molecule has 1 aliphatic rings. The number of nitrogens with one attached hydrogen (secondary N) is 1. The van der Waals surface area contributed by atoms with E-state index in [2.05, 4.69) is 5.32 Å². The Balaban J connectivity index is 1.32. The largest absolute Gasteiger partial charge is 0.497 e. The number of thioether (sulfide) groups is 1. The third kappa shape index (κ3) is 4.61. The van der Waals surface area contributed by atoms with Crippen LogP contribution in [0.3, 0.4) is 0 Å². The molecule has 0 radical (unpaired) electrons. The van der Waals surface area contributed by atoms with Crippen LogP contribution in [-0.2, 0) is 11.4 Å². The molecule has 38 heavy (non-hydrogen) atoms. The van der Waals surface area contributed by atoms with Crippen molar-refractivity contribution in [1.82, 2.24) is 14.8 Å². The number of aromatic nitrogens is 3. The molecule has 0 unspecified atom stereocenters. The number of benzene rings is 3. The first-order chi connectivity index (χ1) is 18.5. The predicted molar refractivity (Wildman–Crippen MR) is 148 cm³/mol. The second-order valence-electron chi connectivity index (χ2n) is 8.78. The van der Waals surface area contributed by atoms with Crippen molar-refractivity contribution >= 4 is 45.0 Å². The van der Waals surface area contributed by atoms with E-state index in [9.17, 15) is 9.18 Å². The Kier molecular flexibility index (Phi) is 6.50. The van der Waals surface area contributed by atoms with Gasteiger partial charge in [0, 0.05) is 11.1 Å². The highest BCUT2D eigenvalue weighted by molar-refractivity contribution is 8.00. The van der Waals surface area contributed by atoms with E-state index in [1.54, 1.807) is 41.8 Å². The summed E-state index contributed by atoms with van der Waals surface area (Å²) in [5.74, 6) is 1.96. The average Bonchev–Trinajstić information content (AvgIpc) is 3.43. The summed E-state index contributed by atoms with van der Waals surface area (Å²) in [6.07, 6.45) is 0. The normalized spacial score (nSPS) is 15.1. The molecule has 0 saturated carbocycles. The van der Waals surface area contributed by atoms with E-state index in [1.165, 1.54) is 17.4 Å². The van der Waals surface area contributed by atoms with Crippen molar-refractivity contribution in [3.63, 3.8) is 0 Å². The van der Waals surface area contributed by atoms with Crippen LogP contribution in [-0.4, -0.2) is 33.5 Å². The topological polar surface area (TPSA) is 78.3 Å². The first-order valence-corrected chi connectivity index (χ1v) is 13.8. The summed E-state index contributed by atoms with van der Waals surface area (Å²) < 4.78 is 27.8. The fourth-order valence-electron chi connectivity index (χ4n) is 4.41. The predicted octanol–water partition coefficient (Wildman–Crippen LogP) is 6.29. The van der Waals surface area contributed by atoms with Crippen molar-refractivity contribution in [2.75, 3.05) is 18.2 Å². The van der Waals surface area contributed by atoms with E-state index in [4.69, 9.17) is 19.6 Å². The highest BCUT2D eigenvalue weighted by Gasteiger charge is 2.31. The Hall–Kier alpha value is -3.89. The number of fused-ring (bicyclic) bond motifs is 2. The number of halogens is 1. The molecule has 1 aliphatic heterocycles. The minimum Gasteiger partial charge on any atom is -0.497 e. The molecule has 192 valence electrons. The molecule has 2 aromatic heterocycles. The van der Waals surface area contributed by atoms with Crippen LogP contribution in [0.2, 0.25) is 0 Å². The Labute approximate surface area is 226 Å². The number of nitrogens with zero attached hydrogens (tertiary/aromatic N) is 3. The molecule has 0 aliphatic carbocycles. The lowest BCUT2D eigenvalue weighted by atomic mass is 10.0. The number of anilines is 1. The van der Waals surface area contributed by atoms with E-state index < -0.39 is 0 Å². The summed E-state index contributed by atoms with van der Waals surface area (Å²) >= 11 is 3.03. The zero-order valence-corrected chi connectivity index (χ0v) is 22.2. The second kappa shape index (κ2) is 10.1. The molecule has 0 bridgehead atoms. The lowest BCUT2D eigenvalue weighted by molar-refractivity contribution is -0.113. The number of methoxy groups -OCH3 is 1. The van der Waals surface area contributed by atoms with Gasteiger partial charge in [0.1, 0.15) is 29.7 Å². The molecule has 0 spiro atoms. The number of carbonyl (C=O) groups excluding carboxylic acids is 1. The van der Waals surface area contributed by atoms with Gasteiger partial charge >= 0.3 is 0 Å². The molecule has 6 rings (SSSR count). The summed E-state index contributed by atoms with van der Waals surface area (Å²) in [6.45, 7) is 2.09. The van der Waals surface area contributed by atoms with Crippen molar-refractivity contribution in [1.29, 1.82) is 0 Å². The van der Waals surface area contributed by atoms with Gasteiger partial charge in [0.2, 0.25) is 11.0 Å². The SMILES string of the molecule is COc1ccc2nc(-n3nc(C)c4c3NC(=O)CS[C@H]4c3ccc(OCc4ccccc4F)cc3)sc2c1. The molecule has 0 saturated heterocycles. The van der Waals surface area contributed by atoms with Crippen molar-refractivity contribution in [2.24, 2.45) is 0 Å². The summed E-state index contributed by atoms with van der Waals surface area (Å²) in [5, 5.41) is 8.39. The lowest BCUT2D eigenvalue weighted by Crippen LogP contribution is -2.15. The van der Waals surface area contributed by atoms with Crippen molar-refractivity contribution in [3.8, 4) is 16.6 Å².